The highest BCUT2D eigenvalue weighted by molar-refractivity contribution is 5.82. The van der Waals surface area contributed by atoms with Gasteiger partial charge in [-0.1, -0.05) is 48.5 Å². The number of benzene rings is 2. The smallest absolute Gasteiger partial charge is 0.405 e. The number of alkyl halides is 3. The van der Waals surface area contributed by atoms with Crippen LogP contribution in [0.4, 0.5) is 13.2 Å². The predicted molar refractivity (Wildman–Crippen MR) is 200 cm³/mol. The van der Waals surface area contributed by atoms with E-state index in [2.05, 4.69) is 10.3 Å². The van der Waals surface area contributed by atoms with Crippen LogP contribution in [-0.2, 0) is 21.5 Å². The fraction of sp³-hybridized carbons (Fsp3) is 0.450. The number of piperazine rings is 1. The number of aliphatic hydroxyl groups is 2. The number of aromatic nitrogens is 3. The Labute approximate surface area is 323 Å². The normalized spacial score (nSPS) is 20.3. The van der Waals surface area contributed by atoms with Gasteiger partial charge in [0.25, 0.3) is 0 Å². The van der Waals surface area contributed by atoms with Crippen LogP contribution >= 0.6 is 0 Å². The summed E-state index contributed by atoms with van der Waals surface area (Å²) in [4.78, 5) is 35.4. The lowest BCUT2D eigenvalue weighted by Crippen LogP contribution is -2.63. The predicted octanol–water partition coefficient (Wildman–Crippen LogP) is 3.40. The molecule has 4 aromatic rings. The number of carbonyl (C=O) groups is 2. The van der Waals surface area contributed by atoms with Crippen molar-refractivity contribution in [2.45, 2.75) is 62.7 Å². The number of methoxy groups -OCH3 is 1. The first-order valence-corrected chi connectivity index (χ1v) is 18.5. The zero-order chi connectivity index (χ0) is 40.0. The number of aliphatic hydroxyl groups excluding tert-OH is 2. The second-order valence-corrected chi connectivity index (χ2v) is 14.8. The largest absolute Gasteiger partial charge is 0.495 e. The molecule has 300 valence electrons. The number of amides is 2. The average molecular weight is 780 g/mol. The Morgan fingerprint density at radius 1 is 1.05 bits per heavy atom. The third kappa shape index (κ3) is 9.85. The van der Waals surface area contributed by atoms with Crippen molar-refractivity contribution >= 4 is 11.8 Å². The summed E-state index contributed by atoms with van der Waals surface area (Å²) in [5.74, 6) is -0.844. The average Bonchev–Trinajstić information content (AvgIpc) is 3.70. The number of rotatable bonds is 14. The van der Waals surface area contributed by atoms with Gasteiger partial charge in [-0.2, -0.15) is 18.3 Å². The fourth-order valence-corrected chi connectivity index (χ4v) is 7.35. The third-order valence-electron chi connectivity index (χ3n) is 10.5. The number of pyridine rings is 1. The Kier molecular flexibility index (Phi) is 12.6. The molecular weight excluding hydrogens is 731 g/mol. The van der Waals surface area contributed by atoms with Gasteiger partial charge in [-0.3, -0.25) is 24.4 Å². The Balaban J connectivity index is 1.19. The van der Waals surface area contributed by atoms with Crippen molar-refractivity contribution in [2.75, 3.05) is 46.4 Å². The summed E-state index contributed by atoms with van der Waals surface area (Å²) < 4.78 is 52.4. The highest BCUT2D eigenvalue weighted by atomic mass is 19.4. The first-order valence-electron chi connectivity index (χ1n) is 18.5. The van der Waals surface area contributed by atoms with E-state index in [1.165, 1.54) is 7.11 Å². The Morgan fingerprint density at radius 2 is 1.80 bits per heavy atom. The molecule has 4 heterocycles. The summed E-state index contributed by atoms with van der Waals surface area (Å²) in [5, 5.41) is 32.2. The van der Waals surface area contributed by atoms with Crippen molar-refractivity contribution in [2.24, 2.45) is 5.92 Å². The van der Waals surface area contributed by atoms with Crippen molar-refractivity contribution in [3.05, 3.63) is 102 Å². The molecule has 1 unspecified atom stereocenters. The first kappa shape index (κ1) is 40.6. The third-order valence-corrected chi connectivity index (χ3v) is 10.5. The highest BCUT2D eigenvalue weighted by Gasteiger charge is 2.42. The quantitative estimate of drug-likeness (QED) is 0.150. The maximum absolute atomic E-state index is 14.0. The van der Waals surface area contributed by atoms with Gasteiger partial charge in [-0.15, -0.1) is 0 Å². The SMILES string of the molecule is COc1cncc(-n2ccc(C(C)(C)N3CCN(C[C@@H](O)CC(Cc4ccccc4)C(=O)N[C@H]4c5ccccc5OC[C@H]4O)[C@H](C(=O)NCC(F)(F)F)C3)n2)c1. The van der Waals surface area contributed by atoms with Gasteiger partial charge >= 0.3 is 6.18 Å². The molecule has 4 N–H and O–H groups in total. The minimum Gasteiger partial charge on any atom is -0.495 e. The van der Waals surface area contributed by atoms with Crippen LogP contribution in [-0.4, -0.2) is 117 Å². The molecule has 2 aliphatic rings. The number of carbonyl (C=O) groups excluding carboxylic acids is 2. The van der Waals surface area contributed by atoms with Gasteiger partial charge in [-0.05, 0) is 44.4 Å². The molecule has 2 amide bonds. The maximum Gasteiger partial charge on any atom is 0.405 e. The number of para-hydroxylation sites is 1. The number of hydrogen-bond acceptors (Lipinski definition) is 10. The van der Waals surface area contributed by atoms with E-state index in [4.69, 9.17) is 14.6 Å². The van der Waals surface area contributed by atoms with E-state index in [9.17, 15) is 33.0 Å². The van der Waals surface area contributed by atoms with Gasteiger partial charge in [0.2, 0.25) is 11.8 Å². The van der Waals surface area contributed by atoms with Crippen LogP contribution in [0.5, 0.6) is 11.5 Å². The van der Waals surface area contributed by atoms with Crippen molar-refractivity contribution in [3.63, 3.8) is 0 Å². The lowest BCUT2D eigenvalue weighted by atomic mass is 9.90. The number of fused-ring (bicyclic) bond motifs is 1. The summed E-state index contributed by atoms with van der Waals surface area (Å²) in [5.41, 5.74) is 2.07. The van der Waals surface area contributed by atoms with E-state index >= 15 is 0 Å². The minimum atomic E-state index is -4.62. The van der Waals surface area contributed by atoms with Gasteiger partial charge in [0.15, 0.2) is 0 Å². The van der Waals surface area contributed by atoms with Gasteiger partial charge < -0.3 is 30.3 Å². The molecule has 1 fully saturated rings. The van der Waals surface area contributed by atoms with E-state index < -0.39 is 54.4 Å². The monoisotopic (exact) mass is 779 g/mol. The van der Waals surface area contributed by atoms with Crippen LogP contribution in [0.3, 0.4) is 0 Å². The number of nitrogens with one attached hydrogen (secondary N) is 2. The van der Waals surface area contributed by atoms with Crippen molar-refractivity contribution < 1.29 is 42.4 Å². The number of hydrogen-bond donors (Lipinski definition) is 4. The van der Waals surface area contributed by atoms with Gasteiger partial charge in [0.05, 0.1) is 48.6 Å². The summed E-state index contributed by atoms with van der Waals surface area (Å²) >= 11 is 0. The van der Waals surface area contributed by atoms with Crippen LogP contribution in [0, 0.1) is 5.92 Å². The highest BCUT2D eigenvalue weighted by Crippen LogP contribution is 2.33. The molecule has 5 atom stereocenters. The minimum absolute atomic E-state index is 0.00383. The van der Waals surface area contributed by atoms with E-state index in [-0.39, 0.29) is 45.0 Å². The van der Waals surface area contributed by atoms with Crippen molar-refractivity contribution in [1.29, 1.82) is 0 Å². The lowest BCUT2D eigenvalue weighted by Gasteiger charge is -2.47. The topological polar surface area (TPSA) is 154 Å². The standard InChI is InChI=1S/C40H48F3N7O6/c1-39(2,35-13-14-50(47-35)28-19-30(55-3)21-44-20-28)49-16-15-48(32(23-49)38(54)45-25-40(41,42)43)22-29(51)18-27(17-26-9-5-4-6-10-26)37(53)46-36-31-11-7-8-12-34(31)56-24-33(36)52/h4-14,19-21,27,29,32-33,36,51-52H,15-18,22-25H2,1-3H3,(H,45,54)(H,46,53)/t27?,29-,32-,33+,36-/m0/s1. The number of β-amino-alcohol motifs (C(OH)–C–C–N with tert-alkyl or cyclic N) is 1. The number of halogens is 3. The Hall–Kier alpha value is -5.03. The summed E-state index contributed by atoms with van der Waals surface area (Å²) in [6.07, 6.45) is -1.50. The van der Waals surface area contributed by atoms with E-state index in [0.29, 0.717) is 35.0 Å². The van der Waals surface area contributed by atoms with Crippen molar-refractivity contribution in [1.82, 2.24) is 35.2 Å². The van der Waals surface area contributed by atoms with Crippen LogP contribution in [0.2, 0.25) is 0 Å². The zero-order valence-electron chi connectivity index (χ0n) is 31.5. The molecule has 0 radical (unpaired) electrons. The summed E-state index contributed by atoms with van der Waals surface area (Å²) in [6.45, 7) is 2.98. The fourth-order valence-electron chi connectivity index (χ4n) is 7.35. The van der Waals surface area contributed by atoms with E-state index in [0.717, 1.165) is 5.56 Å². The van der Waals surface area contributed by atoms with Gasteiger partial charge in [0, 0.05) is 49.9 Å². The lowest BCUT2D eigenvalue weighted by molar-refractivity contribution is -0.144. The summed E-state index contributed by atoms with van der Waals surface area (Å²) in [7, 11) is 1.54. The molecule has 6 rings (SSSR count). The van der Waals surface area contributed by atoms with E-state index in [1.807, 2.05) is 60.5 Å². The van der Waals surface area contributed by atoms with Gasteiger partial charge in [0.1, 0.15) is 36.8 Å². The molecule has 0 bridgehead atoms. The molecule has 1 saturated heterocycles. The van der Waals surface area contributed by atoms with Crippen molar-refractivity contribution in [3.8, 4) is 17.2 Å². The Bertz CT molecular complexity index is 1940. The molecular formula is C40H48F3N7O6. The zero-order valence-corrected chi connectivity index (χ0v) is 31.5. The molecule has 2 aliphatic heterocycles. The molecule has 0 aliphatic carbocycles. The first-order chi connectivity index (χ1) is 26.7. The maximum atomic E-state index is 14.0. The second-order valence-electron chi connectivity index (χ2n) is 14.8. The van der Waals surface area contributed by atoms with Gasteiger partial charge in [-0.25, -0.2) is 4.68 Å². The molecule has 0 spiro atoms. The number of nitrogens with zero attached hydrogens (tertiary/aromatic N) is 5. The van der Waals surface area contributed by atoms with Crippen LogP contribution < -0.4 is 20.1 Å². The molecule has 2 aromatic carbocycles. The molecule has 0 saturated carbocycles. The van der Waals surface area contributed by atoms with Crippen LogP contribution in [0.25, 0.3) is 5.69 Å². The molecule has 2 aromatic heterocycles. The molecule has 16 heteroatoms. The Morgan fingerprint density at radius 3 is 2.55 bits per heavy atom. The number of ether oxygens (including phenoxy) is 2. The second kappa shape index (κ2) is 17.4. The van der Waals surface area contributed by atoms with Crippen LogP contribution in [0.15, 0.2) is 85.3 Å². The van der Waals surface area contributed by atoms with E-state index in [1.54, 1.807) is 58.5 Å². The molecule has 13 nitrogen and oxygen atoms in total. The van der Waals surface area contributed by atoms with Crippen LogP contribution in [0.1, 0.15) is 43.1 Å². The molecule has 56 heavy (non-hydrogen) atoms. The summed E-state index contributed by atoms with van der Waals surface area (Å²) in [6, 6.07) is 18.3.